The highest BCUT2D eigenvalue weighted by atomic mass is 32.1. The first-order valence-corrected chi connectivity index (χ1v) is 18.0. The van der Waals surface area contributed by atoms with Crippen LogP contribution < -0.4 is 21.3 Å². The van der Waals surface area contributed by atoms with Crippen LogP contribution in [-0.2, 0) is 6.54 Å². The van der Waals surface area contributed by atoms with Gasteiger partial charge in [0.1, 0.15) is 0 Å². The van der Waals surface area contributed by atoms with E-state index in [0.717, 1.165) is 6.54 Å². The molecule has 1 fully saturated rings. The molecule has 50 heavy (non-hydrogen) atoms. The minimum absolute atomic E-state index is 0.000429. The first-order chi connectivity index (χ1) is 24.6. The Bertz CT molecular complexity index is 1940. The summed E-state index contributed by atoms with van der Waals surface area (Å²) >= 11 is 3.53. The van der Waals surface area contributed by atoms with Crippen LogP contribution in [0.1, 0.15) is 53.2 Å². The molecule has 2 aliphatic heterocycles. The molecule has 2 aliphatic rings. The van der Waals surface area contributed by atoms with Crippen molar-refractivity contribution >= 4 is 29.1 Å². The van der Waals surface area contributed by atoms with Crippen molar-refractivity contribution in [3.8, 4) is 11.1 Å². The number of aryl methyl sites for hydroxylation is 1. The fourth-order valence-corrected chi connectivity index (χ4v) is 6.04. The van der Waals surface area contributed by atoms with E-state index in [1.807, 2.05) is 37.3 Å². The first kappa shape index (κ1) is 36.4. The molecule has 0 radical (unpaired) electrons. The molecule has 3 atom stereocenters. The topological polar surface area (TPSA) is 48.1 Å². The number of thiol groups is 1. The minimum atomic E-state index is -0.00122. The van der Waals surface area contributed by atoms with Crippen LogP contribution >= 0.6 is 12.6 Å². The van der Waals surface area contributed by atoms with Gasteiger partial charge in [-0.3, -0.25) is 16.0 Å². The maximum absolute atomic E-state index is 3.81. The second-order valence-electron chi connectivity index (χ2n) is 12.0. The molecule has 0 aromatic heterocycles. The second-order valence-corrected chi connectivity index (χ2v) is 12.0. The number of rotatable bonds is 5. The van der Waals surface area contributed by atoms with Gasteiger partial charge in [0.05, 0.1) is 18.5 Å². The lowest BCUT2D eigenvalue weighted by molar-refractivity contribution is 0.203. The monoisotopic (exact) mass is 676 g/mol. The van der Waals surface area contributed by atoms with Crippen LogP contribution in [0.25, 0.3) is 21.9 Å². The van der Waals surface area contributed by atoms with Crippen molar-refractivity contribution in [3.63, 3.8) is 0 Å². The second kappa shape index (κ2) is 18.7. The molecular weight excluding hydrogens is 629 g/mol. The van der Waals surface area contributed by atoms with Crippen LogP contribution in [-0.4, -0.2) is 6.26 Å². The van der Waals surface area contributed by atoms with E-state index in [1.54, 1.807) is 12.3 Å². The third-order valence-electron chi connectivity index (χ3n) is 8.67. The molecule has 1 saturated heterocycles. The lowest BCUT2D eigenvalue weighted by atomic mass is 9.96. The van der Waals surface area contributed by atoms with Gasteiger partial charge in [0.15, 0.2) is 0 Å². The third kappa shape index (κ3) is 9.41. The predicted octanol–water partition coefficient (Wildman–Crippen LogP) is 10.9. The normalized spacial score (nSPS) is 17.2. The quantitative estimate of drug-likeness (QED) is 0.0932. The summed E-state index contributed by atoms with van der Waals surface area (Å²) in [5, 5.41) is 17.4. The summed E-state index contributed by atoms with van der Waals surface area (Å²) in [6.45, 7) is 8.47. The van der Waals surface area contributed by atoms with E-state index in [4.69, 9.17) is 0 Å². The van der Waals surface area contributed by atoms with Gasteiger partial charge < -0.3 is 5.32 Å². The van der Waals surface area contributed by atoms with Crippen molar-refractivity contribution in [1.29, 1.82) is 0 Å². The minimum Gasteiger partial charge on any atom is -0.380 e. The van der Waals surface area contributed by atoms with Gasteiger partial charge in [-0.1, -0.05) is 170 Å². The molecule has 3 unspecified atom stereocenters. The van der Waals surface area contributed by atoms with Crippen molar-refractivity contribution in [1.82, 2.24) is 16.0 Å². The van der Waals surface area contributed by atoms with E-state index >= 15 is 0 Å². The number of hydrogen-bond donors (Lipinski definition) is 5. The average Bonchev–Trinajstić information content (AvgIpc) is 3.17. The summed E-state index contributed by atoms with van der Waals surface area (Å²) in [5.74, 6) is 0. The highest BCUT2D eigenvalue weighted by Crippen LogP contribution is 2.36. The standard InChI is InChI=1S/C32H28N4.C7H8.C5H8.CH4S/c1-3-7-21(8-4-1)22-11-13-24(14-12-22)31-34-30(23-9-5-2-6-10-23)35-32(36-31)26-17-18-28-25(19-26)15-16-27-20-33-29(27)28;1-7-5-3-2-4-6-7;1-3-5-4-2;1-2/h1-19,30-36H,20H2;2-6H,1H3;3-5H,1H2,2H3;2H,1H3/b;;5-4-;. The molecule has 0 aliphatic carbocycles. The van der Waals surface area contributed by atoms with E-state index < -0.39 is 0 Å². The zero-order valence-corrected chi connectivity index (χ0v) is 30.1. The fourth-order valence-electron chi connectivity index (χ4n) is 6.04. The fraction of sp³-hybridized carbons (Fsp3) is 0.156. The Hall–Kier alpha value is -4.91. The summed E-state index contributed by atoms with van der Waals surface area (Å²) < 4.78 is 0. The van der Waals surface area contributed by atoms with Gasteiger partial charge in [-0.2, -0.15) is 12.6 Å². The van der Waals surface area contributed by atoms with E-state index in [1.165, 1.54) is 55.4 Å². The smallest absolute Gasteiger partial charge is 0.0864 e. The van der Waals surface area contributed by atoms with Crippen molar-refractivity contribution < 1.29 is 0 Å². The van der Waals surface area contributed by atoms with Crippen molar-refractivity contribution in [3.05, 3.63) is 198 Å². The number of nitrogens with one attached hydrogen (secondary N) is 4. The van der Waals surface area contributed by atoms with E-state index in [0.29, 0.717) is 0 Å². The van der Waals surface area contributed by atoms with Crippen LogP contribution in [0, 0.1) is 6.92 Å². The molecular formula is C45H48N4S. The van der Waals surface area contributed by atoms with Crippen LogP contribution in [0.15, 0.2) is 170 Å². The molecule has 6 aromatic carbocycles. The molecule has 4 nitrogen and oxygen atoms in total. The highest BCUT2D eigenvalue weighted by Gasteiger charge is 2.30. The van der Waals surface area contributed by atoms with Crippen LogP contribution in [0.5, 0.6) is 0 Å². The predicted molar refractivity (Wildman–Crippen MR) is 218 cm³/mol. The summed E-state index contributed by atoms with van der Waals surface area (Å²) in [4.78, 5) is 0. The van der Waals surface area contributed by atoms with Crippen LogP contribution in [0.4, 0.5) is 5.69 Å². The summed E-state index contributed by atoms with van der Waals surface area (Å²) in [6.07, 6.45) is 7.29. The number of benzene rings is 6. The Morgan fingerprint density at radius 2 is 1.12 bits per heavy atom. The molecule has 0 spiro atoms. The maximum atomic E-state index is 3.81. The SMILES string of the molecule is C=C/C=C\C.CS.Cc1ccccc1.c1ccc(-c2ccc(C3NC(c4ccccc4)NC(c4ccc5c6c(ccc5c4)CN6)N3)cc2)cc1. The van der Waals surface area contributed by atoms with E-state index in [2.05, 4.69) is 175 Å². The Kier molecular flexibility index (Phi) is 13.6. The van der Waals surface area contributed by atoms with Gasteiger partial charge in [0.25, 0.3) is 0 Å². The molecule has 5 heteroatoms. The lowest BCUT2D eigenvalue weighted by Gasteiger charge is -2.40. The summed E-state index contributed by atoms with van der Waals surface area (Å²) in [5.41, 5.74) is 10.1. The highest BCUT2D eigenvalue weighted by molar-refractivity contribution is 7.79. The number of fused-ring (bicyclic) bond motifs is 3. The molecule has 254 valence electrons. The van der Waals surface area contributed by atoms with Crippen molar-refractivity contribution in [2.45, 2.75) is 38.9 Å². The van der Waals surface area contributed by atoms with Gasteiger partial charge in [0, 0.05) is 17.6 Å². The zero-order valence-electron chi connectivity index (χ0n) is 29.2. The average molecular weight is 677 g/mol. The Balaban J connectivity index is 0.000000295. The number of anilines is 1. The van der Waals surface area contributed by atoms with Crippen molar-refractivity contribution in [2.24, 2.45) is 0 Å². The van der Waals surface area contributed by atoms with Gasteiger partial charge in [0.2, 0.25) is 0 Å². The molecule has 4 N–H and O–H groups in total. The van der Waals surface area contributed by atoms with E-state index in [-0.39, 0.29) is 18.5 Å². The molecule has 6 aromatic rings. The Morgan fingerprint density at radius 1 is 0.600 bits per heavy atom. The van der Waals surface area contributed by atoms with Gasteiger partial charge >= 0.3 is 0 Å². The molecule has 0 saturated carbocycles. The van der Waals surface area contributed by atoms with E-state index in [9.17, 15) is 0 Å². The largest absolute Gasteiger partial charge is 0.380 e. The summed E-state index contributed by atoms with van der Waals surface area (Å²) in [7, 11) is 0. The Labute approximate surface area is 303 Å². The maximum Gasteiger partial charge on any atom is 0.0864 e. The number of allylic oxidation sites excluding steroid dienone is 3. The van der Waals surface area contributed by atoms with Gasteiger partial charge in [-0.25, -0.2) is 0 Å². The third-order valence-corrected chi connectivity index (χ3v) is 8.67. The Morgan fingerprint density at radius 3 is 1.62 bits per heavy atom. The summed E-state index contributed by atoms with van der Waals surface area (Å²) in [6, 6.07) is 51.6. The van der Waals surface area contributed by atoms with Crippen LogP contribution in [0.2, 0.25) is 0 Å². The number of hydrogen-bond acceptors (Lipinski definition) is 5. The molecule has 8 rings (SSSR count). The van der Waals surface area contributed by atoms with Gasteiger partial charge in [-0.05, 0) is 64.9 Å². The molecule has 0 amide bonds. The van der Waals surface area contributed by atoms with Crippen molar-refractivity contribution in [2.75, 3.05) is 11.6 Å². The molecule has 0 bridgehead atoms. The first-order valence-electron chi connectivity index (χ1n) is 17.1. The van der Waals surface area contributed by atoms with Crippen LogP contribution in [0.3, 0.4) is 0 Å². The van der Waals surface area contributed by atoms with Gasteiger partial charge in [-0.15, -0.1) is 0 Å². The zero-order chi connectivity index (χ0) is 35.1. The lowest BCUT2D eigenvalue weighted by Crippen LogP contribution is -2.54. The molecule has 2 heterocycles.